The van der Waals surface area contributed by atoms with E-state index in [1.165, 1.54) is 11.3 Å². The van der Waals surface area contributed by atoms with Gasteiger partial charge in [0.1, 0.15) is 10.7 Å². The zero-order valence-corrected chi connectivity index (χ0v) is 14.5. The van der Waals surface area contributed by atoms with Crippen molar-refractivity contribution >= 4 is 53.4 Å². The third-order valence-electron chi connectivity index (χ3n) is 3.43. The average molecular weight is 361 g/mol. The zero-order chi connectivity index (χ0) is 14.1. The van der Waals surface area contributed by atoms with E-state index in [1.807, 2.05) is 31.3 Å². The third kappa shape index (κ3) is 3.35. The van der Waals surface area contributed by atoms with E-state index in [9.17, 15) is 4.79 Å². The Morgan fingerprint density at radius 2 is 1.95 bits per heavy atom. The minimum absolute atomic E-state index is 0. The monoisotopic (exact) mass is 360 g/mol. The van der Waals surface area contributed by atoms with Gasteiger partial charge in [-0.05, 0) is 12.1 Å². The number of rotatable bonds is 2. The number of carbonyl (C=O) groups is 1. The van der Waals surface area contributed by atoms with Crippen molar-refractivity contribution in [2.75, 3.05) is 29.9 Å². The lowest BCUT2D eigenvalue weighted by molar-refractivity contribution is 0.0982. The quantitative estimate of drug-likeness (QED) is 0.893. The van der Waals surface area contributed by atoms with E-state index in [0.29, 0.717) is 18.8 Å². The fraction of sp³-hybridized carbons (Fsp3) is 0.286. The molecule has 0 radical (unpaired) electrons. The minimum Gasteiger partial charge on any atom is -0.371 e. The Labute approximate surface area is 145 Å². The number of para-hydroxylation sites is 2. The van der Waals surface area contributed by atoms with E-state index in [2.05, 4.69) is 9.88 Å². The van der Waals surface area contributed by atoms with Gasteiger partial charge in [-0.3, -0.25) is 4.79 Å². The largest absolute Gasteiger partial charge is 0.371 e. The van der Waals surface area contributed by atoms with Crippen LogP contribution in [0, 0.1) is 0 Å². The number of nitrogens with zero attached hydrogens (tertiary/aromatic N) is 3. The Bertz CT molecular complexity index is 649. The molecule has 8 heteroatoms. The van der Waals surface area contributed by atoms with Gasteiger partial charge >= 0.3 is 0 Å². The first-order valence-electron chi connectivity index (χ1n) is 6.47. The molecule has 1 aromatic heterocycles. The van der Waals surface area contributed by atoms with Gasteiger partial charge in [-0.25, -0.2) is 4.98 Å². The Hall–Kier alpha value is -1.34. The van der Waals surface area contributed by atoms with Crippen LogP contribution in [0.15, 0.2) is 29.6 Å². The highest BCUT2D eigenvalue weighted by atomic mass is 35.5. The van der Waals surface area contributed by atoms with Gasteiger partial charge in [0.25, 0.3) is 5.91 Å². The summed E-state index contributed by atoms with van der Waals surface area (Å²) in [7, 11) is 2.04. The second kappa shape index (κ2) is 7.78. The number of thiazole rings is 1. The number of benzene rings is 1. The van der Waals surface area contributed by atoms with Crippen molar-refractivity contribution in [3.05, 3.63) is 40.3 Å². The summed E-state index contributed by atoms with van der Waals surface area (Å²) in [5, 5.41) is 2.57. The number of anilines is 2. The van der Waals surface area contributed by atoms with Crippen LogP contribution in [0.1, 0.15) is 15.5 Å². The number of hydrogen-bond donors (Lipinski definition) is 1. The van der Waals surface area contributed by atoms with Crippen molar-refractivity contribution in [2.24, 2.45) is 5.73 Å². The first-order valence-corrected chi connectivity index (χ1v) is 7.35. The van der Waals surface area contributed by atoms with Gasteiger partial charge in [0, 0.05) is 32.1 Å². The number of fused-ring (bicyclic) bond motifs is 1. The normalized spacial score (nSPS) is 13.0. The molecule has 1 amide bonds. The Kier molecular flexibility index (Phi) is 6.62. The number of aromatic nitrogens is 1. The molecular formula is C14H18Cl2N4OS. The first kappa shape index (κ1) is 18.7. The summed E-state index contributed by atoms with van der Waals surface area (Å²) in [4.78, 5) is 20.8. The smallest absolute Gasteiger partial charge is 0.277 e. The molecule has 0 spiro atoms. The van der Waals surface area contributed by atoms with Crippen LogP contribution in [0.2, 0.25) is 0 Å². The van der Waals surface area contributed by atoms with Gasteiger partial charge in [0.2, 0.25) is 0 Å². The van der Waals surface area contributed by atoms with Gasteiger partial charge in [0.05, 0.1) is 11.4 Å². The van der Waals surface area contributed by atoms with Gasteiger partial charge in [-0.15, -0.1) is 36.2 Å². The molecule has 1 aromatic carbocycles. The van der Waals surface area contributed by atoms with Gasteiger partial charge in [-0.1, -0.05) is 12.1 Å². The lowest BCUT2D eigenvalue weighted by Crippen LogP contribution is -2.42. The summed E-state index contributed by atoms with van der Waals surface area (Å²) < 4.78 is 0. The SMILES string of the molecule is CN1CCN(C(=O)c2csc(CN)n2)c2ccccc21.Cl.Cl. The molecule has 0 aliphatic carbocycles. The summed E-state index contributed by atoms with van der Waals surface area (Å²) in [6, 6.07) is 7.93. The van der Waals surface area contributed by atoms with E-state index < -0.39 is 0 Å². The Morgan fingerprint density at radius 3 is 2.59 bits per heavy atom. The van der Waals surface area contributed by atoms with Crippen LogP contribution in [0.3, 0.4) is 0 Å². The maximum absolute atomic E-state index is 12.6. The fourth-order valence-electron chi connectivity index (χ4n) is 2.36. The van der Waals surface area contributed by atoms with Crippen LogP contribution in [0.5, 0.6) is 0 Å². The van der Waals surface area contributed by atoms with Crippen molar-refractivity contribution < 1.29 is 4.79 Å². The predicted octanol–water partition coefficient (Wildman–Crippen LogP) is 2.54. The lowest BCUT2D eigenvalue weighted by Gasteiger charge is -2.35. The van der Waals surface area contributed by atoms with E-state index in [4.69, 9.17) is 5.73 Å². The van der Waals surface area contributed by atoms with Crippen molar-refractivity contribution in [3.8, 4) is 0 Å². The maximum atomic E-state index is 12.6. The summed E-state index contributed by atoms with van der Waals surface area (Å²) in [5.41, 5.74) is 8.04. The summed E-state index contributed by atoms with van der Waals surface area (Å²) >= 11 is 1.43. The van der Waals surface area contributed by atoms with Gasteiger partial charge in [0.15, 0.2) is 0 Å². The molecule has 120 valence electrons. The van der Waals surface area contributed by atoms with Crippen LogP contribution in [0.25, 0.3) is 0 Å². The molecule has 2 aromatic rings. The molecule has 0 saturated heterocycles. The van der Waals surface area contributed by atoms with Crippen molar-refractivity contribution in [2.45, 2.75) is 6.54 Å². The van der Waals surface area contributed by atoms with E-state index in [1.54, 1.807) is 10.3 Å². The molecule has 0 saturated carbocycles. The zero-order valence-electron chi connectivity index (χ0n) is 12.1. The molecule has 1 aliphatic heterocycles. The molecule has 5 nitrogen and oxygen atoms in total. The molecule has 22 heavy (non-hydrogen) atoms. The highest BCUT2D eigenvalue weighted by Gasteiger charge is 2.26. The number of likely N-dealkylation sites (N-methyl/N-ethyl adjacent to an activating group) is 1. The highest BCUT2D eigenvalue weighted by molar-refractivity contribution is 7.09. The van der Waals surface area contributed by atoms with E-state index >= 15 is 0 Å². The van der Waals surface area contributed by atoms with Gasteiger partial charge in [-0.2, -0.15) is 0 Å². The molecule has 1 aliphatic rings. The molecule has 2 N–H and O–H groups in total. The fourth-order valence-corrected chi connectivity index (χ4v) is 3.01. The van der Waals surface area contributed by atoms with E-state index in [-0.39, 0.29) is 30.7 Å². The molecule has 0 fully saturated rings. The van der Waals surface area contributed by atoms with Crippen LogP contribution >= 0.6 is 36.2 Å². The maximum Gasteiger partial charge on any atom is 0.277 e. The Balaban J connectivity index is 0.00000121. The Morgan fingerprint density at radius 1 is 1.27 bits per heavy atom. The number of hydrogen-bond acceptors (Lipinski definition) is 5. The minimum atomic E-state index is -0.0542. The third-order valence-corrected chi connectivity index (χ3v) is 4.30. The number of nitrogens with two attached hydrogens (primary N) is 1. The summed E-state index contributed by atoms with van der Waals surface area (Å²) in [6.07, 6.45) is 0. The molecule has 0 unspecified atom stereocenters. The average Bonchev–Trinajstić information content (AvgIpc) is 2.96. The second-order valence-electron chi connectivity index (χ2n) is 4.70. The van der Waals surface area contributed by atoms with Crippen molar-refractivity contribution in [1.82, 2.24) is 4.98 Å². The lowest BCUT2D eigenvalue weighted by atomic mass is 10.1. The number of amides is 1. The standard InChI is InChI=1S/C14H16N4OS.2ClH/c1-17-6-7-18(12-5-3-2-4-11(12)17)14(19)10-9-20-13(8-15)16-10;;/h2-5,9H,6-8,15H2,1H3;2*1H. The molecular weight excluding hydrogens is 343 g/mol. The van der Waals surface area contributed by atoms with Crippen LogP contribution in [-0.2, 0) is 6.54 Å². The number of halogens is 2. The van der Waals surface area contributed by atoms with Gasteiger partial charge < -0.3 is 15.5 Å². The first-order chi connectivity index (χ1) is 9.70. The van der Waals surface area contributed by atoms with Crippen molar-refractivity contribution in [3.63, 3.8) is 0 Å². The number of carbonyl (C=O) groups excluding carboxylic acids is 1. The van der Waals surface area contributed by atoms with Crippen molar-refractivity contribution in [1.29, 1.82) is 0 Å². The molecule has 3 rings (SSSR count). The summed E-state index contributed by atoms with van der Waals surface area (Å²) in [6.45, 7) is 1.86. The second-order valence-corrected chi connectivity index (χ2v) is 5.64. The van der Waals surface area contributed by atoms with E-state index in [0.717, 1.165) is 22.9 Å². The van der Waals surface area contributed by atoms with Crippen LogP contribution in [0.4, 0.5) is 11.4 Å². The highest BCUT2D eigenvalue weighted by Crippen LogP contribution is 2.32. The molecule has 0 atom stereocenters. The molecule has 0 bridgehead atoms. The predicted molar refractivity (Wildman–Crippen MR) is 95.9 cm³/mol. The summed E-state index contributed by atoms with van der Waals surface area (Å²) in [5.74, 6) is -0.0542. The van der Waals surface area contributed by atoms with Crippen LogP contribution in [-0.4, -0.2) is 31.0 Å². The van der Waals surface area contributed by atoms with Crippen LogP contribution < -0.4 is 15.5 Å². The topological polar surface area (TPSA) is 62.5 Å². The molecule has 2 heterocycles.